The summed E-state index contributed by atoms with van der Waals surface area (Å²) in [5, 5.41) is 4.77. The Kier molecular flexibility index (Phi) is 6.87. The van der Waals surface area contributed by atoms with Gasteiger partial charge in [0.15, 0.2) is 9.84 Å². The molecule has 37 heavy (non-hydrogen) atoms. The van der Waals surface area contributed by atoms with Gasteiger partial charge in [-0.05, 0) is 74.9 Å². The van der Waals surface area contributed by atoms with Crippen molar-refractivity contribution in [2.75, 3.05) is 20.1 Å². The van der Waals surface area contributed by atoms with Crippen LogP contribution in [-0.4, -0.2) is 48.2 Å². The number of nitrogens with zero attached hydrogens (tertiary/aromatic N) is 4. The van der Waals surface area contributed by atoms with Crippen molar-refractivity contribution < 1.29 is 21.6 Å². The van der Waals surface area contributed by atoms with E-state index in [1.807, 2.05) is 10.9 Å². The molecule has 0 spiro atoms. The van der Waals surface area contributed by atoms with Gasteiger partial charge in [-0.25, -0.2) is 21.6 Å². The Balaban J connectivity index is 1.57. The Morgan fingerprint density at radius 1 is 0.973 bits per heavy atom. The first-order valence-electron chi connectivity index (χ1n) is 11.9. The first-order chi connectivity index (χ1) is 17.7. The van der Waals surface area contributed by atoms with Crippen LogP contribution in [0.3, 0.4) is 0 Å². The number of benzene rings is 2. The third kappa shape index (κ3) is 5.17. The van der Waals surface area contributed by atoms with E-state index < -0.39 is 37.9 Å². The van der Waals surface area contributed by atoms with E-state index in [4.69, 9.17) is 5.10 Å². The maximum absolute atomic E-state index is 15.9. The van der Waals surface area contributed by atoms with Crippen molar-refractivity contribution in [3.05, 3.63) is 90.1 Å². The number of hydrogen-bond acceptors (Lipinski definition) is 5. The fourth-order valence-corrected chi connectivity index (χ4v) is 6.10. The molecule has 10 heteroatoms. The summed E-state index contributed by atoms with van der Waals surface area (Å²) in [5.74, 6) is -3.58. The van der Waals surface area contributed by atoms with Crippen molar-refractivity contribution in [3.8, 4) is 22.4 Å². The topological polar surface area (TPSA) is 68.1 Å². The third-order valence-electron chi connectivity index (χ3n) is 6.69. The normalized spacial score (nSPS) is 15.2. The van der Waals surface area contributed by atoms with E-state index in [2.05, 4.69) is 16.9 Å². The standard InChI is InChI=1S/C27H25F3N4O2S/c1-33-13-9-21(10-14-33)34-16-23(18-7-11-31-12-8-18)27(32-34)22-4-2-3-19(26(22)30)17-37(35,36)25-15-20(28)5-6-24(25)29/h2-8,11-12,15-16,21H,9-10,13-14,17H2,1H3. The zero-order valence-corrected chi connectivity index (χ0v) is 20.9. The van der Waals surface area contributed by atoms with E-state index in [1.165, 1.54) is 12.1 Å². The van der Waals surface area contributed by atoms with E-state index in [0.717, 1.165) is 43.6 Å². The van der Waals surface area contributed by atoms with Gasteiger partial charge in [0, 0.05) is 35.3 Å². The lowest BCUT2D eigenvalue weighted by atomic mass is 10.0. The molecule has 2 aromatic heterocycles. The summed E-state index contributed by atoms with van der Waals surface area (Å²) >= 11 is 0. The average Bonchev–Trinajstić information content (AvgIpc) is 3.33. The van der Waals surface area contributed by atoms with E-state index in [-0.39, 0.29) is 17.2 Å². The number of hydrogen-bond donors (Lipinski definition) is 0. The summed E-state index contributed by atoms with van der Waals surface area (Å²) in [5.41, 5.74) is 1.83. The van der Waals surface area contributed by atoms with Crippen molar-refractivity contribution in [1.82, 2.24) is 19.7 Å². The average molecular weight is 527 g/mol. The number of sulfone groups is 1. The molecule has 0 radical (unpaired) electrons. The van der Waals surface area contributed by atoms with E-state index >= 15 is 4.39 Å². The van der Waals surface area contributed by atoms with Gasteiger partial charge in [0.1, 0.15) is 28.0 Å². The molecule has 0 amide bonds. The minimum atomic E-state index is -4.36. The van der Waals surface area contributed by atoms with Gasteiger partial charge in [0.05, 0.1) is 11.8 Å². The molecule has 192 valence electrons. The van der Waals surface area contributed by atoms with Gasteiger partial charge in [-0.15, -0.1) is 0 Å². The molecule has 0 bridgehead atoms. The van der Waals surface area contributed by atoms with Gasteiger partial charge >= 0.3 is 0 Å². The maximum Gasteiger partial charge on any atom is 0.185 e. The molecule has 1 aliphatic heterocycles. The van der Waals surface area contributed by atoms with Gasteiger partial charge in [-0.2, -0.15) is 5.10 Å². The van der Waals surface area contributed by atoms with Crippen LogP contribution in [0.2, 0.25) is 0 Å². The number of pyridine rings is 1. The molecule has 1 saturated heterocycles. The highest BCUT2D eigenvalue weighted by molar-refractivity contribution is 7.90. The largest absolute Gasteiger partial charge is 0.306 e. The molecule has 1 fully saturated rings. The zero-order valence-electron chi connectivity index (χ0n) is 20.1. The van der Waals surface area contributed by atoms with Crippen LogP contribution < -0.4 is 0 Å². The van der Waals surface area contributed by atoms with Crippen molar-refractivity contribution in [2.45, 2.75) is 29.5 Å². The highest BCUT2D eigenvalue weighted by atomic mass is 32.2. The smallest absolute Gasteiger partial charge is 0.185 e. The van der Waals surface area contributed by atoms with E-state index in [9.17, 15) is 17.2 Å². The van der Waals surface area contributed by atoms with Gasteiger partial charge in [0.25, 0.3) is 0 Å². The molecule has 0 saturated carbocycles. The molecule has 6 nitrogen and oxygen atoms in total. The lowest BCUT2D eigenvalue weighted by Crippen LogP contribution is -2.31. The summed E-state index contributed by atoms with van der Waals surface area (Å²) in [6, 6.07) is 10.3. The predicted molar refractivity (Wildman–Crippen MR) is 134 cm³/mol. The van der Waals surface area contributed by atoms with Crippen LogP contribution in [0.25, 0.3) is 22.4 Å². The van der Waals surface area contributed by atoms with Crippen molar-refractivity contribution in [3.63, 3.8) is 0 Å². The Morgan fingerprint density at radius 2 is 1.70 bits per heavy atom. The van der Waals surface area contributed by atoms with Crippen LogP contribution in [0.4, 0.5) is 13.2 Å². The van der Waals surface area contributed by atoms with Crippen LogP contribution in [0, 0.1) is 17.5 Å². The van der Waals surface area contributed by atoms with Crippen LogP contribution in [0.15, 0.2) is 72.0 Å². The van der Waals surface area contributed by atoms with Crippen LogP contribution >= 0.6 is 0 Å². The minimum Gasteiger partial charge on any atom is -0.306 e. The molecule has 2 aromatic carbocycles. The molecule has 4 aromatic rings. The van der Waals surface area contributed by atoms with Gasteiger partial charge in [-0.1, -0.05) is 12.1 Å². The Morgan fingerprint density at radius 3 is 2.43 bits per heavy atom. The summed E-state index contributed by atoms with van der Waals surface area (Å²) in [7, 11) is -2.29. The Labute approximate surface area is 213 Å². The number of rotatable bonds is 6. The quantitative estimate of drug-likeness (QED) is 0.343. The SMILES string of the molecule is CN1CCC(n2cc(-c3ccncc3)c(-c3cccc(CS(=O)(=O)c4cc(F)ccc4F)c3F)n2)CC1. The predicted octanol–water partition coefficient (Wildman–Crippen LogP) is 5.27. The lowest BCUT2D eigenvalue weighted by molar-refractivity contribution is 0.212. The number of aromatic nitrogens is 3. The highest BCUT2D eigenvalue weighted by Crippen LogP contribution is 2.36. The van der Waals surface area contributed by atoms with Gasteiger partial charge in [-0.3, -0.25) is 9.67 Å². The highest BCUT2D eigenvalue weighted by Gasteiger charge is 2.26. The van der Waals surface area contributed by atoms with Crippen molar-refractivity contribution >= 4 is 9.84 Å². The first-order valence-corrected chi connectivity index (χ1v) is 13.5. The maximum atomic E-state index is 15.9. The second-order valence-corrected chi connectivity index (χ2v) is 11.2. The number of piperidine rings is 1. The number of halogens is 3. The first kappa shape index (κ1) is 25.2. The van der Waals surface area contributed by atoms with Crippen LogP contribution in [-0.2, 0) is 15.6 Å². The van der Waals surface area contributed by atoms with Crippen molar-refractivity contribution in [1.29, 1.82) is 0 Å². The minimum absolute atomic E-state index is 0.130. The Bertz CT molecular complexity index is 1530. The fraction of sp³-hybridized carbons (Fsp3) is 0.259. The Hall–Kier alpha value is -3.50. The van der Waals surface area contributed by atoms with Crippen molar-refractivity contribution in [2.24, 2.45) is 0 Å². The molecular weight excluding hydrogens is 501 g/mol. The summed E-state index contributed by atoms with van der Waals surface area (Å²) in [6.07, 6.45) is 6.96. The number of likely N-dealkylation sites (tertiary alicyclic amines) is 1. The second kappa shape index (κ2) is 10.1. The molecule has 1 aliphatic rings. The van der Waals surface area contributed by atoms with Gasteiger partial charge in [0.2, 0.25) is 0 Å². The molecule has 0 atom stereocenters. The zero-order chi connectivity index (χ0) is 26.2. The monoisotopic (exact) mass is 526 g/mol. The molecular formula is C27H25F3N4O2S. The summed E-state index contributed by atoms with van der Waals surface area (Å²) < 4.78 is 71.4. The van der Waals surface area contributed by atoms with E-state index in [0.29, 0.717) is 17.3 Å². The van der Waals surface area contributed by atoms with Crippen LogP contribution in [0.1, 0.15) is 24.4 Å². The second-order valence-electron chi connectivity index (χ2n) is 9.25. The molecule has 5 rings (SSSR count). The van der Waals surface area contributed by atoms with Gasteiger partial charge < -0.3 is 4.90 Å². The lowest BCUT2D eigenvalue weighted by Gasteiger charge is -2.29. The molecule has 0 unspecified atom stereocenters. The summed E-state index contributed by atoms with van der Waals surface area (Å²) in [4.78, 5) is 5.50. The molecule has 3 heterocycles. The molecule has 0 aliphatic carbocycles. The third-order valence-corrected chi connectivity index (χ3v) is 8.37. The summed E-state index contributed by atoms with van der Waals surface area (Å²) in [6.45, 7) is 1.84. The fourth-order valence-electron chi connectivity index (χ4n) is 4.65. The molecule has 0 N–H and O–H groups in total. The van der Waals surface area contributed by atoms with Crippen LogP contribution in [0.5, 0.6) is 0 Å². The van der Waals surface area contributed by atoms with E-state index in [1.54, 1.807) is 30.6 Å².